The van der Waals surface area contributed by atoms with Crippen LogP contribution in [0.1, 0.15) is 5.82 Å². The minimum atomic E-state index is -0.344. The van der Waals surface area contributed by atoms with Crippen molar-refractivity contribution in [3.63, 3.8) is 0 Å². The fraction of sp³-hybridized carbons (Fsp3) is 0.0769. The summed E-state index contributed by atoms with van der Waals surface area (Å²) in [6.07, 6.45) is 0. The molecule has 0 spiro atoms. The summed E-state index contributed by atoms with van der Waals surface area (Å²) in [6.45, 7) is 0.166. The second kappa shape index (κ2) is 4.56. The van der Waals surface area contributed by atoms with Gasteiger partial charge >= 0.3 is 0 Å². The Morgan fingerprint density at radius 2 is 2.00 bits per heavy atom. The summed E-state index contributed by atoms with van der Waals surface area (Å²) in [5.41, 5.74) is 6.51. The smallest absolute Gasteiger partial charge is 0.177 e. The van der Waals surface area contributed by atoms with Gasteiger partial charge in [0.25, 0.3) is 0 Å². The van der Waals surface area contributed by atoms with Crippen molar-refractivity contribution in [2.45, 2.75) is 6.61 Å². The van der Waals surface area contributed by atoms with Crippen LogP contribution >= 0.6 is 0 Å². The lowest BCUT2D eigenvalue weighted by atomic mass is 10.3. The van der Waals surface area contributed by atoms with Crippen LogP contribution in [0.15, 0.2) is 42.5 Å². The maximum Gasteiger partial charge on any atom is 0.177 e. The van der Waals surface area contributed by atoms with Crippen molar-refractivity contribution in [3.8, 4) is 5.75 Å². The van der Waals surface area contributed by atoms with Crippen molar-refractivity contribution in [2.75, 3.05) is 5.73 Å². The Kier molecular flexibility index (Phi) is 2.75. The minimum Gasteiger partial charge on any atom is -0.485 e. The molecule has 0 atom stereocenters. The third-order valence-electron chi connectivity index (χ3n) is 2.69. The lowest BCUT2D eigenvalue weighted by Gasteiger charge is -2.06. The van der Waals surface area contributed by atoms with E-state index in [9.17, 15) is 4.39 Å². The van der Waals surface area contributed by atoms with Gasteiger partial charge < -0.3 is 10.5 Å². The van der Waals surface area contributed by atoms with E-state index in [1.807, 2.05) is 0 Å². The average Bonchev–Trinajstić information content (AvgIpc) is 2.81. The highest BCUT2D eigenvalue weighted by Gasteiger charge is 2.08. The molecule has 0 aliphatic rings. The molecule has 0 aliphatic heterocycles. The number of benzene rings is 1. The molecule has 0 saturated heterocycles. The van der Waals surface area contributed by atoms with Gasteiger partial charge in [0.1, 0.15) is 24.0 Å². The number of nitrogens with zero attached hydrogens (tertiary/aromatic N) is 3. The zero-order chi connectivity index (χ0) is 13.2. The third kappa shape index (κ3) is 2.20. The second-order valence-corrected chi connectivity index (χ2v) is 4.01. The first-order valence-electron chi connectivity index (χ1n) is 5.71. The fourth-order valence-electron chi connectivity index (χ4n) is 1.83. The molecular formula is C13H11FN4O. The van der Waals surface area contributed by atoms with Crippen molar-refractivity contribution in [3.05, 3.63) is 54.1 Å². The van der Waals surface area contributed by atoms with Gasteiger partial charge in [0.15, 0.2) is 11.5 Å². The molecule has 0 fully saturated rings. The Labute approximate surface area is 108 Å². The Hall–Kier alpha value is -2.63. The SMILES string of the molecule is Nc1cccc2nnc(COc3cccc(F)c3)n12. The van der Waals surface area contributed by atoms with Crippen molar-refractivity contribution >= 4 is 11.5 Å². The van der Waals surface area contributed by atoms with Crippen LogP contribution in [0.5, 0.6) is 5.75 Å². The molecule has 6 heteroatoms. The van der Waals surface area contributed by atoms with E-state index >= 15 is 0 Å². The standard InChI is InChI=1S/C13H11FN4O/c14-9-3-1-4-10(7-9)19-8-13-17-16-12-6-2-5-11(15)18(12)13/h1-7H,8,15H2. The van der Waals surface area contributed by atoms with Crippen LogP contribution in [0.2, 0.25) is 0 Å². The van der Waals surface area contributed by atoms with Gasteiger partial charge in [-0.25, -0.2) is 4.39 Å². The molecule has 19 heavy (non-hydrogen) atoms. The average molecular weight is 258 g/mol. The molecule has 3 rings (SSSR count). The quantitative estimate of drug-likeness (QED) is 0.780. The molecule has 0 saturated carbocycles. The van der Waals surface area contributed by atoms with E-state index in [1.165, 1.54) is 12.1 Å². The molecule has 3 aromatic rings. The number of hydrogen-bond acceptors (Lipinski definition) is 4. The highest BCUT2D eigenvalue weighted by atomic mass is 19.1. The summed E-state index contributed by atoms with van der Waals surface area (Å²) in [6, 6.07) is 11.3. The van der Waals surface area contributed by atoms with Gasteiger partial charge in [0, 0.05) is 6.07 Å². The number of halogens is 1. The number of rotatable bonds is 3. The molecule has 0 radical (unpaired) electrons. The maximum absolute atomic E-state index is 13.0. The van der Waals surface area contributed by atoms with Gasteiger partial charge in [0.2, 0.25) is 0 Å². The number of aromatic nitrogens is 3. The first kappa shape index (κ1) is 11.5. The van der Waals surface area contributed by atoms with Crippen LogP contribution in [0.25, 0.3) is 5.65 Å². The molecule has 0 amide bonds. The number of nitrogen functional groups attached to an aromatic ring is 1. The number of nitrogens with two attached hydrogens (primary N) is 1. The fourth-order valence-corrected chi connectivity index (χ4v) is 1.83. The van der Waals surface area contributed by atoms with Crippen LogP contribution in [0.4, 0.5) is 10.2 Å². The van der Waals surface area contributed by atoms with Crippen molar-refractivity contribution in [1.29, 1.82) is 0 Å². The third-order valence-corrected chi connectivity index (χ3v) is 2.69. The van der Waals surface area contributed by atoms with Gasteiger partial charge in [-0.1, -0.05) is 12.1 Å². The van der Waals surface area contributed by atoms with Crippen molar-refractivity contribution < 1.29 is 9.13 Å². The lowest BCUT2D eigenvalue weighted by Crippen LogP contribution is -2.05. The topological polar surface area (TPSA) is 65.4 Å². The molecule has 0 unspecified atom stereocenters. The number of ether oxygens (including phenoxy) is 1. The highest BCUT2D eigenvalue weighted by Crippen LogP contribution is 2.15. The summed E-state index contributed by atoms with van der Waals surface area (Å²) < 4.78 is 20.2. The van der Waals surface area contributed by atoms with Crippen molar-refractivity contribution in [1.82, 2.24) is 14.6 Å². The van der Waals surface area contributed by atoms with Gasteiger partial charge in [-0.05, 0) is 24.3 Å². The Balaban J connectivity index is 1.86. The predicted molar refractivity (Wildman–Crippen MR) is 68.1 cm³/mol. The van der Waals surface area contributed by atoms with Gasteiger partial charge in [-0.3, -0.25) is 4.40 Å². The summed E-state index contributed by atoms with van der Waals surface area (Å²) in [7, 11) is 0. The van der Waals surface area contributed by atoms with Crippen LogP contribution in [0.3, 0.4) is 0 Å². The normalized spacial score (nSPS) is 10.8. The van der Waals surface area contributed by atoms with Gasteiger partial charge in [-0.15, -0.1) is 10.2 Å². The van der Waals surface area contributed by atoms with E-state index in [-0.39, 0.29) is 12.4 Å². The maximum atomic E-state index is 13.0. The van der Waals surface area contributed by atoms with E-state index in [4.69, 9.17) is 10.5 Å². The molecule has 2 aromatic heterocycles. The van der Waals surface area contributed by atoms with E-state index in [0.29, 0.717) is 23.0 Å². The van der Waals surface area contributed by atoms with E-state index in [2.05, 4.69) is 10.2 Å². The zero-order valence-corrected chi connectivity index (χ0v) is 9.95. The number of anilines is 1. The Morgan fingerprint density at radius 1 is 1.16 bits per heavy atom. The lowest BCUT2D eigenvalue weighted by molar-refractivity contribution is 0.293. The summed E-state index contributed by atoms with van der Waals surface area (Å²) in [4.78, 5) is 0. The van der Waals surface area contributed by atoms with Crippen molar-refractivity contribution in [2.24, 2.45) is 0 Å². The predicted octanol–water partition coefficient (Wildman–Crippen LogP) is 2.03. The summed E-state index contributed by atoms with van der Waals surface area (Å²) in [5, 5.41) is 8.00. The van der Waals surface area contributed by atoms with Crippen LogP contribution in [0, 0.1) is 5.82 Å². The molecule has 2 N–H and O–H groups in total. The number of pyridine rings is 1. The first-order chi connectivity index (χ1) is 9.24. The second-order valence-electron chi connectivity index (χ2n) is 4.01. The summed E-state index contributed by atoms with van der Waals surface area (Å²) >= 11 is 0. The minimum absolute atomic E-state index is 0.166. The molecular weight excluding hydrogens is 247 g/mol. The zero-order valence-electron chi connectivity index (χ0n) is 9.95. The molecule has 0 bridgehead atoms. The van der Waals surface area contributed by atoms with Crippen LogP contribution < -0.4 is 10.5 Å². The molecule has 1 aromatic carbocycles. The monoisotopic (exact) mass is 258 g/mol. The van der Waals surface area contributed by atoms with Gasteiger partial charge in [0.05, 0.1) is 0 Å². The Morgan fingerprint density at radius 3 is 2.84 bits per heavy atom. The van der Waals surface area contributed by atoms with Crippen LogP contribution in [-0.2, 0) is 6.61 Å². The number of fused-ring (bicyclic) bond motifs is 1. The van der Waals surface area contributed by atoms with E-state index in [1.54, 1.807) is 34.7 Å². The molecule has 0 aliphatic carbocycles. The first-order valence-corrected chi connectivity index (χ1v) is 5.71. The summed E-state index contributed by atoms with van der Waals surface area (Å²) in [5.74, 6) is 1.19. The van der Waals surface area contributed by atoms with Crippen LogP contribution in [-0.4, -0.2) is 14.6 Å². The number of hydrogen-bond donors (Lipinski definition) is 1. The van der Waals surface area contributed by atoms with E-state index < -0.39 is 0 Å². The van der Waals surface area contributed by atoms with E-state index in [0.717, 1.165) is 0 Å². The molecule has 5 nitrogen and oxygen atoms in total. The molecule has 2 heterocycles. The Bertz CT molecular complexity index is 725. The highest BCUT2D eigenvalue weighted by molar-refractivity contribution is 5.47. The van der Waals surface area contributed by atoms with Gasteiger partial charge in [-0.2, -0.15) is 0 Å². The largest absolute Gasteiger partial charge is 0.485 e. The molecule has 96 valence electrons.